The summed E-state index contributed by atoms with van der Waals surface area (Å²) in [6, 6.07) is 14.5. The predicted octanol–water partition coefficient (Wildman–Crippen LogP) is 3.63. The van der Waals surface area contributed by atoms with Crippen LogP contribution in [0.5, 0.6) is 5.75 Å². The number of carbonyl (C=O) groups excluding carboxylic acids is 2. The second kappa shape index (κ2) is 11.4. The molecule has 0 atom stereocenters. The van der Waals surface area contributed by atoms with Gasteiger partial charge < -0.3 is 25.0 Å². The summed E-state index contributed by atoms with van der Waals surface area (Å²) in [5.74, 6) is 1.25. The zero-order chi connectivity index (χ0) is 22.1. The van der Waals surface area contributed by atoms with Crippen molar-refractivity contribution >= 4 is 23.2 Å². The van der Waals surface area contributed by atoms with Gasteiger partial charge in [0.05, 0.1) is 13.2 Å². The predicted molar refractivity (Wildman–Crippen MR) is 122 cm³/mol. The molecule has 0 unspecified atom stereocenters. The lowest BCUT2D eigenvalue weighted by atomic mass is 9.98. The molecule has 0 spiro atoms. The number of ether oxygens (including phenoxy) is 2. The molecule has 7 heteroatoms. The largest absolute Gasteiger partial charge is 0.491 e. The lowest BCUT2D eigenvalue weighted by Crippen LogP contribution is -2.37. The van der Waals surface area contributed by atoms with Crippen LogP contribution in [-0.4, -0.2) is 56.7 Å². The number of hydrogen-bond acceptors (Lipinski definition) is 5. The summed E-state index contributed by atoms with van der Waals surface area (Å²) >= 11 is 0. The molecule has 31 heavy (non-hydrogen) atoms. The van der Waals surface area contributed by atoms with Gasteiger partial charge in [-0.25, -0.2) is 0 Å². The molecule has 0 radical (unpaired) electrons. The minimum Gasteiger partial charge on any atom is -0.491 e. The summed E-state index contributed by atoms with van der Waals surface area (Å²) in [5.41, 5.74) is 2.03. The molecule has 166 valence electrons. The topological polar surface area (TPSA) is 79.9 Å². The number of hydrogen-bond donors (Lipinski definition) is 2. The first-order valence-corrected chi connectivity index (χ1v) is 10.7. The van der Waals surface area contributed by atoms with Crippen LogP contribution in [0.2, 0.25) is 0 Å². The number of nitrogens with one attached hydrogen (secondary N) is 2. The highest BCUT2D eigenvalue weighted by molar-refractivity contribution is 5.98. The van der Waals surface area contributed by atoms with Crippen molar-refractivity contribution in [3.63, 3.8) is 0 Å². The van der Waals surface area contributed by atoms with E-state index >= 15 is 0 Å². The zero-order valence-corrected chi connectivity index (χ0v) is 18.2. The minimum absolute atomic E-state index is 0.0222. The van der Waals surface area contributed by atoms with E-state index in [2.05, 4.69) is 17.6 Å². The Morgan fingerprint density at radius 1 is 1.03 bits per heavy atom. The first-order valence-electron chi connectivity index (χ1n) is 10.7. The smallest absolute Gasteiger partial charge is 0.253 e. The van der Waals surface area contributed by atoms with Crippen molar-refractivity contribution in [2.75, 3.05) is 50.6 Å². The van der Waals surface area contributed by atoms with E-state index in [1.807, 2.05) is 29.2 Å². The van der Waals surface area contributed by atoms with E-state index in [4.69, 9.17) is 9.47 Å². The van der Waals surface area contributed by atoms with Crippen LogP contribution < -0.4 is 15.4 Å². The van der Waals surface area contributed by atoms with Crippen LogP contribution in [0.4, 0.5) is 11.4 Å². The number of carbonyl (C=O) groups is 2. The first kappa shape index (κ1) is 22.6. The van der Waals surface area contributed by atoms with Crippen LogP contribution in [0.3, 0.4) is 0 Å². The Balaban J connectivity index is 1.48. The molecular formula is C24H31N3O4. The van der Waals surface area contributed by atoms with Crippen LogP contribution in [0.25, 0.3) is 0 Å². The summed E-state index contributed by atoms with van der Waals surface area (Å²) in [7, 11) is 1.63. The van der Waals surface area contributed by atoms with Crippen molar-refractivity contribution in [2.45, 2.75) is 19.8 Å². The highest BCUT2D eigenvalue weighted by Gasteiger charge is 2.21. The first-order chi connectivity index (χ1) is 15.0. The monoisotopic (exact) mass is 425 g/mol. The van der Waals surface area contributed by atoms with Crippen molar-refractivity contribution in [1.82, 2.24) is 4.90 Å². The molecule has 2 aromatic rings. The van der Waals surface area contributed by atoms with E-state index in [0.717, 1.165) is 37.4 Å². The highest BCUT2D eigenvalue weighted by Crippen LogP contribution is 2.20. The van der Waals surface area contributed by atoms with Crippen LogP contribution in [0.15, 0.2) is 48.5 Å². The lowest BCUT2D eigenvalue weighted by molar-refractivity contribution is -0.114. The highest BCUT2D eigenvalue weighted by atomic mass is 16.5. The van der Waals surface area contributed by atoms with Gasteiger partial charge in [-0.15, -0.1) is 0 Å². The molecule has 3 rings (SSSR count). The van der Waals surface area contributed by atoms with E-state index < -0.39 is 0 Å². The fourth-order valence-electron chi connectivity index (χ4n) is 3.42. The molecule has 1 aliphatic rings. The quantitative estimate of drug-likeness (QED) is 0.600. The van der Waals surface area contributed by atoms with Crippen molar-refractivity contribution in [1.29, 1.82) is 0 Å². The molecule has 2 amide bonds. The average molecular weight is 426 g/mol. The van der Waals surface area contributed by atoms with Crippen molar-refractivity contribution < 1.29 is 19.1 Å². The van der Waals surface area contributed by atoms with Gasteiger partial charge >= 0.3 is 0 Å². The van der Waals surface area contributed by atoms with Crippen LogP contribution in [0.1, 0.15) is 30.1 Å². The van der Waals surface area contributed by atoms with Crippen LogP contribution in [0, 0.1) is 5.92 Å². The Morgan fingerprint density at radius 2 is 1.77 bits per heavy atom. The van der Waals surface area contributed by atoms with E-state index in [9.17, 15) is 9.59 Å². The Bertz CT molecular complexity index is 861. The van der Waals surface area contributed by atoms with Gasteiger partial charge in [0.2, 0.25) is 5.91 Å². The van der Waals surface area contributed by atoms with Crippen molar-refractivity contribution in [3.8, 4) is 5.75 Å². The van der Waals surface area contributed by atoms with E-state index in [1.54, 1.807) is 31.4 Å². The number of methoxy groups -OCH3 is 1. The molecule has 0 aliphatic carbocycles. The summed E-state index contributed by atoms with van der Waals surface area (Å²) in [4.78, 5) is 27.0. The second-order valence-electron chi connectivity index (χ2n) is 7.82. The fourth-order valence-corrected chi connectivity index (χ4v) is 3.42. The fraction of sp³-hybridized carbons (Fsp3) is 0.417. The van der Waals surface area contributed by atoms with Gasteiger partial charge in [-0.2, -0.15) is 0 Å². The number of amides is 2. The molecule has 0 saturated carbocycles. The molecule has 2 aromatic carbocycles. The molecule has 0 aromatic heterocycles. The summed E-state index contributed by atoms with van der Waals surface area (Å²) in [6.45, 7) is 4.94. The number of likely N-dealkylation sites (tertiary alicyclic amines) is 1. The Kier molecular flexibility index (Phi) is 8.29. The maximum atomic E-state index is 12.7. The zero-order valence-electron chi connectivity index (χ0n) is 18.2. The molecular weight excluding hydrogens is 394 g/mol. The molecule has 1 aliphatic heterocycles. The number of nitrogens with zero attached hydrogens (tertiary/aromatic N) is 1. The second-order valence-corrected chi connectivity index (χ2v) is 7.82. The molecule has 7 nitrogen and oxygen atoms in total. The molecule has 0 bridgehead atoms. The summed E-state index contributed by atoms with van der Waals surface area (Å²) in [5, 5.41) is 5.94. The van der Waals surface area contributed by atoms with Crippen molar-refractivity contribution in [2.24, 2.45) is 5.92 Å². The van der Waals surface area contributed by atoms with Gasteiger partial charge in [0.15, 0.2) is 0 Å². The van der Waals surface area contributed by atoms with Gasteiger partial charge in [-0.05, 0) is 61.2 Å². The third-order valence-corrected chi connectivity index (χ3v) is 5.33. The van der Waals surface area contributed by atoms with Gasteiger partial charge in [0.1, 0.15) is 12.4 Å². The maximum Gasteiger partial charge on any atom is 0.253 e. The molecule has 2 N–H and O–H groups in total. The van der Waals surface area contributed by atoms with Crippen LogP contribution >= 0.6 is 0 Å². The standard InChI is InChI=1S/C24H31N3O4/c1-18-10-12-27(13-11-18)24(29)19-4-3-5-21(16-19)26-23(28)17-25-20-6-8-22(9-7-20)31-15-14-30-2/h3-9,16,18,25H,10-15,17H2,1-2H3,(H,26,28). The number of rotatable bonds is 9. The van der Waals surface area contributed by atoms with E-state index in [1.165, 1.54) is 0 Å². The molecule has 1 saturated heterocycles. The maximum absolute atomic E-state index is 12.7. The summed E-state index contributed by atoms with van der Waals surface area (Å²) in [6.07, 6.45) is 2.07. The normalized spacial score (nSPS) is 14.2. The summed E-state index contributed by atoms with van der Waals surface area (Å²) < 4.78 is 10.5. The Labute approximate surface area is 183 Å². The number of piperidine rings is 1. The third-order valence-electron chi connectivity index (χ3n) is 5.33. The molecule has 1 heterocycles. The van der Waals surface area contributed by atoms with E-state index in [-0.39, 0.29) is 18.4 Å². The average Bonchev–Trinajstić information content (AvgIpc) is 2.79. The molecule has 1 fully saturated rings. The third kappa shape index (κ3) is 7.00. The number of anilines is 2. The van der Waals surface area contributed by atoms with E-state index in [0.29, 0.717) is 30.4 Å². The van der Waals surface area contributed by atoms with Gasteiger partial charge in [0, 0.05) is 37.1 Å². The SMILES string of the molecule is COCCOc1ccc(NCC(=O)Nc2cccc(C(=O)N3CCC(C)CC3)c2)cc1. The Hall–Kier alpha value is -3.06. The van der Waals surface area contributed by atoms with Crippen molar-refractivity contribution in [3.05, 3.63) is 54.1 Å². The van der Waals surface area contributed by atoms with Gasteiger partial charge in [-0.3, -0.25) is 9.59 Å². The van der Waals surface area contributed by atoms with Gasteiger partial charge in [0.25, 0.3) is 5.91 Å². The number of benzene rings is 2. The van der Waals surface area contributed by atoms with Crippen LogP contribution in [-0.2, 0) is 9.53 Å². The minimum atomic E-state index is -0.184. The van der Waals surface area contributed by atoms with Gasteiger partial charge in [-0.1, -0.05) is 13.0 Å². The Morgan fingerprint density at radius 3 is 2.48 bits per heavy atom. The lowest BCUT2D eigenvalue weighted by Gasteiger charge is -2.30.